The van der Waals surface area contributed by atoms with E-state index in [1.165, 1.54) is 0 Å². The summed E-state index contributed by atoms with van der Waals surface area (Å²) in [6, 6.07) is 10.7. The third-order valence-electron chi connectivity index (χ3n) is 4.66. The van der Waals surface area contributed by atoms with E-state index in [0.717, 1.165) is 22.3 Å². The number of benzene rings is 2. The average molecular weight is 353 g/mol. The minimum atomic E-state index is -0.960. The predicted molar refractivity (Wildman–Crippen MR) is 96.5 cm³/mol. The van der Waals surface area contributed by atoms with Gasteiger partial charge in [0, 0.05) is 30.0 Å². The quantitative estimate of drug-likeness (QED) is 0.734. The molecule has 6 nitrogen and oxygen atoms in total. The smallest absolute Gasteiger partial charge is 0.336 e. The van der Waals surface area contributed by atoms with Crippen LogP contribution < -0.4 is 5.32 Å². The molecule has 1 aliphatic carbocycles. The van der Waals surface area contributed by atoms with E-state index >= 15 is 0 Å². The number of aromatic carboxylic acids is 1. The first-order valence-corrected chi connectivity index (χ1v) is 8.40. The Hall–Kier alpha value is -3.15. The summed E-state index contributed by atoms with van der Waals surface area (Å²) in [6.07, 6.45) is 0.389. The van der Waals surface area contributed by atoms with Gasteiger partial charge in [0.25, 0.3) is 0 Å². The molecule has 3 rings (SSSR count). The van der Waals surface area contributed by atoms with Gasteiger partial charge in [0.1, 0.15) is 0 Å². The summed E-state index contributed by atoms with van der Waals surface area (Å²) in [7, 11) is 0. The second-order valence-corrected chi connectivity index (χ2v) is 6.39. The molecule has 2 aromatic carbocycles. The number of amides is 1. The number of fused-ring (bicyclic) bond motifs is 3. The van der Waals surface area contributed by atoms with Crippen LogP contribution in [-0.4, -0.2) is 28.1 Å². The van der Waals surface area contributed by atoms with Gasteiger partial charge in [-0.1, -0.05) is 25.1 Å². The van der Waals surface area contributed by atoms with Crippen LogP contribution in [0.25, 0.3) is 11.1 Å². The van der Waals surface area contributed by atoms with Gasteiger partial charge >= 0.3 is 11.9 Å². The summed E-state index contributed by atoms with van der Waals surface area (Å²) in [5, 5.41) is 20.9. The van der Waals surface area contributed by atoms with Crippen LogP contribution in [0.1, 0.15) is 53.6 Å². The summed E-state index contributed by atoms with van der Waals surface area (Å²) in [5.41, 5.74) is 4.44. The van der Waals surface area contributed by atoms with Gasteiger partial charge in [-0.3, -0.25) is 9.59 Å². The highest BCUT2D eigenvalue weighted by Gasteiger charge is 2.29. The van der Waals surface area contributed by atoms with Gasteiger partial charge < -0.3 is 15.5 Å². The standard InChI is InChI=1S/C20H19NO5/c1-11-13-4-2-5-15(20(25)26)19(13)14-9-8-12(10-16(11)14)21-17(22)6-3-7-18(23)24/h2,4-5,8-11H,3,6-7H2,1H3,(H,21,22)(H,23,24)(H,25,26). The summed E-state index contributed by atoms with van der Waals surface area (Å²) < 4.78 is 0. The zero-order valence-electron chi connectivity index (χ0n) is 14.3. The van der Waals surface area contributed by atoms with Crippen molar-refractivity contribution < 1.29 is 24.6 Å². The topological polar surface area (TPSA) is 104 Å². The average Bonchev–Trinajstić information content (AvgIpc) is 2.87. The molecule has 1 unspecified atom stereocenters. The van der Waals surface area contributed by atoms with E-state index < -0.39 is 11.9 Å². The maximum Gasteiger partial charge on any atom is 0.336 e. The van der Waals surface area contributed by atoms with Gasteiger partial charge in [-0.05, 0) is 41.3 Å². The minimum absolute atomic E-state index is 0.0307. The zero-order chi connectivity index (χ0) is 18.8. The fraction of sp³-hybridized carbons (Fsp3) is 0.250. The molecule has 0 heterocycles. The number of hydrogen-bond donors (Lipinski definition) is 3. The third-order valence-corrected chi connectivity index (χ3v) is 4.66. The van der Waals surface area contributed by atoms with E-state index in [9.17, 15) is 19.5 Å². The molecule has 6 heteroatoms. The van der Waals surface area contributed by atoms with Crippen molar-refractivity contribution in [3.63, 3.8) is 0 Å². The molecule has 0 aromatic heterocycles. The van der Waals surface area contributed by atoms with Gasteiger partial charge in [0.15, 0.2) is 0 Å². The fourth-order valence-corrected chi connectivity index (χ4v) is 3.43. The number of nitrogens with one attached hydrogen (secondary N) is 1. The van der Waals surface area contributed by atoms with Gasteiger partial charge in [-0.15, -0.1) is 0 Å². The normalized spacial score (nSPS) is 14.4. The Morgan fingerprint density at radius 1 is 1.04 bits per heavy atom. The van der Waals surface area contributed by atoms with E-state index in [-0.39, 0.29) is 36.7 Å². The van der Waals surface area contributed by atoms with E-state index in [4.69, 9.17) is 5.11 Å². The van der Waals surface area contributed by atoms with Crippen molar-refractivity contribution in [3.05, 3.63) is 53.1 Å². The molecule has 26 heavy (non-hydrogen) atoms. The Morgan fingerprint density at radius 2 is 1.81 bits per heavy atom. The molecular weight excluding hydrogens is 334 g/mol. The summed E-state index contributed by atoms with van der Waals surface area (Å²) in [4.78, 5) is 34.0. The molecule has 1 atom stereocenters. The van der Waals surface area contributed by atoms with Crippen molar-refractivity contribution in [2.24, 2.45) is 0 Å². The van der Waals surface area contributed by atoms with Crippen LogP contribution in [-0.2, 0) is 9.59 Å². The highest BCUT2D eigenvalue weighted by atomic mass is 16.4. The third kappa shape index (κ3) is 3.31. The molecule has 0 saturated carbocycles. The molecule has 0 saturated heterocycles. The van der Waals surface area contributed by atoms with Crippen molar-refractivity contribution in [2.75, 3.05) is 5.32 Å². The van der Waals surface area contributed by atoms with Gasteiger partial charge in [-0.2, -0.15) is 0 Å². The number of rotatable bonds is 6. The van der Waals surface area contributed by atoms with Crippen molar-refractivity contribution in [3.8, 4) is 11.1 Å². The maximum atomic E-state index is 12.0. The number of carboxylic acid groups (broad SMARTS) is 2. The van der Waals surface area contributed by atoms with Crippen molar-refractivity contribution >= 4 is 23.5 Å². The van der Waals surface area contributed by atoms with Crippen molar-refractivity contribution in [1.29, 1.82) is 0 Å². The number of anilines is 1. The molecule has 0 bridgehead atoms. The first kappa shape index (κ1) is 17.7. The largest absolute Gasteiger partial charge is 0.481 e. The Morgan fingerprint density at radius 3 is 2.50 bits per heavy atom. The summed E-state index contributed by atoms with van der Waals surface area (Å²) >= 11 is 0. The highest BCUT2D eigenvalue weighted by molar-refractivity contribution is 6.00. The van der Waals surface area contributed by atoms with Crippen LogP contribution >= 0.6 is 0 Å². The minimum Gasteiger partial charge on any atom is -0.481 e. The van der Waals surface area contributed by atoms with Crippen LogP contribution in [0.5, 0.6) is 0 Å². The first-order valence-electron chi connectivity index (χ1n) is 8.40. The predicted octanol–water partition coefficient (Wildman–Crippen LogP) is 3.71. The lowest BCUT2D eigenvalue weighted by atomic mass is 9.97. The molecule has 134 valence electrons. The fourth-order valence-electron chi connectivity index (χ4n) is 3.43. The molecule has 1 amide bonds. The van der Waals surface area contributed by atoms with Gasteiger partial charge in [-0.25, -0.2) is 4.79 Å². The second kappa shape index (κ2) is 7.00. The van der Waals surface area contributed by atoms with Crippen molar-refractivity contribution in [1.82, 2.24) is 0 Å². The number of carbonyl (C=O) groups excluding carboxylic acids is 1. The van der Waals surface area contributed by atoms with Crippen LogP contribution in [0.2, 0.25) is 0 Å². The van der Waals surface area contributed by atoms with Gasteiger partial charge in [0.05, 0.1) is 5.56 Å². The van der Waals surface area contributed by atoms with E-state index in [1.807, 2.05) is 25.1 Å². The first-order chi connectivity index (χ1) is 12.4. The molecule has 2 aromatic rings. The Kier molecular flexibility index (Phi) is 4.75. The van der Waals surface area contributed by atoms with Crippen LogP contribution in [0.4, 0.5) is 5.69 Å². The lowest BCUT2D eigenvalue weighted by Gasteiger charge is -2.10. The molecule has 0 spiro atoms. The summed E-state index contributed by atoms with van der Waals surface area (Å²) in [6.45, 7) is 2.01. The molecule has 1 aliphatic rings. The Bertz CT molecular complexity index is 903. The van der Waals surface area contributed by atoms with E-state index in [2.05, 4.69) is 5.32 Å². The second-order valence-electron chi connectivity index (χ2n) is 6.39. The zero-order valence-corrected chi connectivity index (χ0v) is 14.3. The molecule has 3 N–H and O–H groups in total. The highest BCUT2D eigenvalue weighted by Crippen LogP contribution is 2.47. The van der Waals surface area contributed by atoms with Crippen LogP contribution in [0.15, 0.2) is 36.4 Å². The van der Waals surface area contributed by atoms with Crippen LogP contribution in [0, 0.1) is 0 Å². The molecule has 0 aliphatic heterocycles. The Labute approximate surface area is 150 Å². The van der Waals surface area contributed by atoms with E-state index in [1.54, 1.807) is 18.2 Å². The molecule has 0 fully saturated rings. The number of hydrogen-bond acceptors (Lipinski definition) is 3. The van der Waals surface area contributed by atoms with Crippen molar-refractivity contribution in [2.45, 2.75) is 32.1 Å². The molecule has 0 radical (unpaired) electrons. The lowest BCUT2D eigenvalue weighted by molar-refractivity contribution is -0.137. The number of carboxylic acids is 2. The van der Waals surface area contributed by atoms with E-state index in [0.29, 0.717) is 5.69 Å². The lowest BCUT2D eigenvalue weighted by Crippen LogP contribution is -2.12. The maximum absolute atomic E-state index is 12.0. The number of aliphatic carboxylic acids is 1. The monoisotopic (exact) mass is 353 g/mol. The van der Waals surface area contributed by atoms with Crippen LogP contribution in [0.3, 0.4) is 0 Å². The Balaban J connectivity index is 1.84. The van der Waals surface area contributed by atoms with Gasteiger partial charge in [0.2, 0.25) is 5.91 Å². The molecular formula is C20H19NO5. The number of carbonyl (C=O) groups is 3. The summed E-state index contributed by atoms with van der Waals surface area (Å²) in [5.74, 6) is -2.09. The SMILES string of the molecule is CC1c2cc(NC(=O)CCCC(=O)O)ccc2-c2c(C(=O)O)cccc21.